The van der Waals surface area contributed by atoms with E-state index in [0.29, 0.717) is 24.0 Å². The zero-order valence-corrected chi connectivity index (χ0v) is 19.0. The van der Waals surface area contributed by atoms with E-state index in [4.69, 9.17) is 5.73 Å². The first kappa shape index (κ1) is 23.0. The van der Waals surface area contributed by atoms with E-state index in [1.54, 1.807) is 18.0 Å². The monoisotopic (exact) mass is 444 g/mol. The number of nitrogen functional groups attached to an aromatic ring is 1. The van der Waals surface area contributed by atoms with Gasteiger partial charge < -0.3 is 21.1 Å². The molecule has 1 fully saturated rings. The maximum atomic E-state index is 12.8. The van der Waals surface area contributed by atoms with Crippen LogP contribution in [0.25, 0.3) is 0 Å². The van der Waals surface area contributed by atoms with Gasteiger partial charge in [0.05, 0.1) is 18.8 Å². The van der Waals surface area contributed by atoms with Crippen LogP contribution in [0.15, 0.2) is 72.8 Å². The van der Waals surface area contributed by atoms with Crippen molar-refractivity contribution < 1.29 is 9.90 Å². The molecule has 1 amide bonds. The number of aliphatic hydroxyl groups excluding tert-OH is 1. The minimum atomic E-state index is -0.0431. The van der Waals surface area contributed by atoms with Crippen LogP contribution in [0.1, 0.15) is 45.9 Å². The van der Waals surface area contributed by atoms with Crippen molar-refractivity contribution in [1.29, 1.82) is 0 Å². The van der Waals surface area contributed by atoms with Gasteiger partial charge in [-0.05, 0) is 54.7 Å². The quantitative estimate of drug-likeness (QED) is 0.496. The third-order valence-corrected chi connectivity index (χ3v) is 6.44. The molecule has 1 saturated heterocycles. The van der Waals surface area contributed by atoms with Crippen molar-refractivity contribution in [2.75, 3.05) is 19.4 Å². The highest BCUT2D eigenvalue weighted by Gasteiger charge is 2.30. The smallest absolute Gasteiger partial charge is 0.253 e. The van der Waals surface area contributed by atoms with Gasteiger partial charge in [0.2, 0.25) is 0 Å². The van der Waals surface area contributed by atoms with Gasteiger partial charge >= 0.3 is 0 Å². The Morgan fingerprint density at radius 2 is 1.85 bits per heavy atom. The Labute approximate surface area is 195 Å². The van der Waals surface area contributed by atoms with Gasteiger partial charge in [0, 0.05) is 30.6 Å². The van der Waals surface area contributed by atoms with E-state index >= 15 is 0 Å². The predicted molar refractivity (Wildman–Crippen MR) is 131 cm³/mol. The number of amides is 1. The molecule has 33 heavy (non-hydrogen) atoms. The number of carbonyl (C=O) groups is 1. The molecule has 3 atom stereocenters. The molecular formula is C27H32N4O2. The second kappa shape index (κ2) is 10.6. The van der Waals surface area contributed by atoms with Crippen LogP contribution in [0.3, 0.4) is 0 Å². The first-order valence-corrected chi connectivity index (χ1v) is 11.5. The average Bonchev–Trinajstić information content (AvgIpc) is 3.28. The molecule has 0 saturated carbocycles. The highest BCUT2D eigenvalue weighted by Crippen LogP contribution is 2.28. The summed E-state index contributed by atoms with van der Waals surface area (Å²) in [6, 6.07) is 24.2. The lowest BCUT2D eigenvalue weighted by molar-refractivity contribution is 0.0783. The largest absolute Gasteiger partial charge is 0.396 e. The normalized spacial score (nSPS) is 18.7. The maximum absolute atomic E-state index is 12.8. The van der Waals surface area contributed by atoms with Crippen molar-refractivity contribution in [1.82, 2.24) is 15.2 Å². The minimum Gasteiger partial charge on any atom is -0.396 e. The molecule has 6 heteroatoms. The number of nitrogens with zero attached hydrogens (tertiary/aromatic N) is 2. The van der Waals surface area contributed by atoms with E-state index in [9.17, 15) is 9.90 Å². The van der Waals surface area contributed by atoms with Crippen LogP contribution in [0.2, 0.25) is 0 Å². The van der Waals surface area contributed by atoms with Gasteiger partial charge in [0.15, 0.2) is 0 Å². The fourth-order valence-corrected chi connectivity index (χ4v) is 4.68. The number of rotatable bonds is 8. The summed E-state index contributed by atoms with van der Waals surface area (Å²) in [5.74, 6) is 0.522. The summed E-state index contributed by atoms with van der Waals surface area (Å²) >= 11 is 0. The van der Waals surface area contributed by atoms with Gasteiger partial charge in [-0.15, -0.1) is 0 Å². The Morgan fingerprint density at radius 1 is 1.09 bits per heavy atom. The molecule has 0 spiro atoms. The van der Waals surface area contributed by atoms with E-state index in [1.807, 2.05) is 54.6 Å². The van der Waals surface area contributed by atoms with E-state index in [0.717, 1.165) is 25.0 Å². The standard InChI is InChI=1S/C27H32N4O2/c1-31(17-23-8-5-9-26(28)30-23)27(33)21-12-10-19(11-13-21)16-22-14-15-25(29-22)24(18-32)20-6-3-2-4-7-20/h2-13,22,24-25,29,32H,14-18H2,1H3,(H2,28,30). The fraction of sp³-hybridized carbons (Fsp3) is 0.333. The summed E-state index contributed by atoms with van der Waals surface area (Å²) in [7, 11) is 1.77. The minimum absolute atomic E-state index is 0.0431. The summed E-state index contributed by atoms with van der Waals surface area (Å²) in [6.07, 6.45) is 3.02. The molecule has 3 aromatic rings. The Bertz CT molecular complexity index is 1060. The third-order valence-electron chi connectivity index (χ3n) is 6.44. The van der Waals surface area contributed by atoms with Gasteiger partial charge in [-0.25, -0.2) is 4.98 Å². The van der Waals surface area contributed by atoms with Crippen molar-refractivity contribution in [3.8, 4) is 0 Å². The van der Waals surface area contributed by atoms with Crippen LogP contribution in [0.5, 0.6) is 0 Å². The summed E-state index contributed by atoms with van der Waals surface area (Å²) in [5.41, 5.74) is 9.54. The van der Waals surface area contributed by atoms with Gasteiger partial charge in [-0.3, -0.25) is 4.79 Å². The Hall–Kier alpha value is -3.22. The zero-order chi connectivity index (χ0) is 23.2. The number of aliphatic hydroxyl groups is 1. The average molecular weight is 445 g/mol. The number of carbonyl (C=O) groups excluding carboxylic acids is 1. The molecular weight excluding hydrogens is 412 g/mol. The number of pyridine rings is 1. The Balaban J connectivity index is 1.32. The number of nitrogens with two attached hydrogens (primary N) is 1. The molecule has 172 valence electrons. The molecule has 0 aliphatic carbocycles. The molecule has 4 N–H and O–H groups in total. The Kier molecular flexibility index (Phi) is 7.37. The van der Waals surface area contributed by atoms with Gasteiger partial charge in [-0.2, -0.15) is 0 Å². The fourth-order valence-electron chi connectivity index (χ4n) is 4.68. The molecule has 0 radical (unpaired) electrons. The van der Waals surface area contributed by atoms with E-state index in [2.05, 4.69) is 22.4 Å². The summed E-state index contributed by atoms with van der Waals surface area (Å²) < 4.78 is 0. The van der Waals surface area contributed by atoms with Crippen molar-refractivity contribution >= 4 is 11.7 Å². The van der Waals surface area contributed by atoms with Crippen LogP contribution in [0.4, 0.5) is 5.82 Å². The van der Waals surface area contributed by atoms with Crippen LogP contribution < -0.4 is 11.1 Å². The molecule has 2 heterocycles. The predicted octanol–water partition coefficient (Wildman–Crippen LogP) is 3.38. The van der Waals surface area contributed by atoms with Gasteiger partial charge in [-0.1, -0.05) is 48.5 Å². The van der Waals surface area contributed by atoms with Crippen molar-refractivity contribution in [3.05, 3.63) is 95.2 Å². The summed E-state index contributed by atoms with van der Waals surface area (Å²) in [6.45, 7) is 0.552. The van der Waals surface area contributed by atoms with E-state index < -0.39 is 0 Å². The number of aromatic nitrogens is 1. The highest BCUT2D eigenvalue weighted by molar-refractivity contribution is 5.94. The van der Waals surface area contributed by atoms with Crippen molar-refractivity contribution in [3.63, 3.8) is 0 Å². The topological polar surface area (TPSA) is 91.5 Å². The molecule has 0 bridgehead atoms. The van der Waals surface area contributed by atoms with Gasteiger partial charge in [0.1, 0.15) is 5.82 Å². The van der Waals surface area contributed by atoms with Crippen molar-refractivity contribution in [2.45, 2.75) is 43.8 Å². The lowest BCUT2D eigenvalue weighted by Gasteiger charge is -2.23. The van der Waals surface area contributed by atoms with Crippen LogP contribution in [-0.4, -0.2) is 46.6 Å². The number of benzene rings is 2. The van der Waals surface area contributed by atoms with Crippen LogP contribution >= 0.6 is 0 Å². The third kappa shape index (κ3) is 5.78. The molecule has 1 aromatic heterocycles. The van der Waals surface area contributed by atoms with Crippen LogP contribution in [-0.2, 0) is 13.0 Å². The second-order valence-electron chi connectivity index (χ2n) is 8.86. The van der Waals surface area contributed by atoms with Crippen molar-refractivity contribution in [2.24, 2.45) is 0 Å². The summed E-state index contributed by atoms with van der Waals surface area (Å²) in [5, 5.41) is 13.7. The molecule has 2 aromatic carbocycles. The molecule has 3 unspecified atom stereocenters. The number of hydrogen-bond donors (Lipinski definition) is 3. The number of nitrogens with one attached hydrogen (secondary N) is 1. The SMILES string of the molecule is CN(Cc1cccc(N)n1)C(=O)c1ccc(CC2CCC(C(CO)c3ccccc3)N2)cc1. The van der Waals surface area contributed by atoms with E-state index in [-0.39, 0.29) is 24.5 Å². The lowest BCUT2D eigenvalue weighted by atomic mass is 9.91. The first-order valence-electron chi connectivity index (χ1n) is 11.5. The van der Waals surface area contributed by atoms with Gasteiger partial charge in [0.25, 0.3) is 5.91 Å². The number of anilines is 1. The Morgan fingerprint density at radius 3 is 2.55 bits per heavy atom. The number of hydrogen-bond acceptors (Lipinski definition) is 5. The van der Waals surface area contributed by atoms with Crippen LogP contribution in [0, 0.1) is 0 Å². The maximum Gasteiger partial charge on any atom is 0.253 e. The second-order valence-corrected chi connectivity index (χ2v) is 8.86. The molecule has 6 nitrogen and oxygen atoms in total. The highest BCUT2D eigenvalue weighted by atomic mass is 16.3. The first-order chi connectivity index (χ1) is 16.0. The summed E-state index contributed by atoms with van der Waals surface area (Å²) in [4.78, 5) is 18.7. The molecule has 1 aliphatic heterocycles. The molecule has 1 aliphatic rings. The zero-order valence-electron chi connectivity index (χ0n) is 19.0. The molecule has 4 rings (SSSR count). The lowest BCUT2D eigenvalue weighted by Crippen LogP contribution is -2.36. The van der Waals surface area contributed by atoms with E-state index in [1.165, 1.54) is 11.1 Å².